The number of rotatable bonds is 12. The van der Waals surface area contributed by atoms with Gasteiger partial charge in [0.2, 0.25) is 0 Å². The van der Waals surface area contributed by atoms with Crippen molar-refractivity contribution in [2.45, 2.75) is 90.1 Å². The molecule has 0 saturated carbocycles. The Labute approximate surface area is 108 Å². The number of terminal acetylenes is 1. The number of aliphatic hydroxyl groups excluding tert-OH is 1. The quantitative estimate of drug-likeness (QED) is 0.386. The molecule has 1 nitrogen and oxygen atoms in total. The SMILES string of the molecule is C#CC(O)CCCCCCCCCCCCC. The van der Waals surface area contributed by atoms with Crippen molar-refractivity contribution in [2.75, 3.05) is 0 Å². The van der Waals surface area contributed by atoms with Gasteiger partial charge in [-0.05, 0) is 12.8 Å². The zero-order chi connectivity index (χ0) is 12.8. The molecule has 0 aromatic carbocycles. The molecule has 0 saturated heterocycles. The molecule has 1 unspecified atom stereocenters. The zero-order valence-electron chi connectivity index (χ0n) is 11.6. The fraction of sp³-hybridized carbons (Fsp3) is 0.875. The molecule has 0 rings (SSSR count). The number of hydrogen-bond donors (Lipinski definition) is 1. The Morgan fingerprint density at radius 1 is 0.824 bits per heavy atom. The van der Waals surface area contributed by atoms with E-state index in [2.05, 4.69) is 12.8 Å². The van der Waals surface area contributed by atoms with Gasteiger partial charge in [-0.25, -0.2) is 0 Å². The van der Waals surface area contributed by atoms with Crippen LogP contribution in [0.4, 0.5) is 0 Å². The van der Waals surface area contributed by atoms with E-state index in [1.54, 1.807) is 0 Å². The Morgan fingerprint density at radius 3 is 1.65 bits per heavy atom. The van der Waals surface area contributed by atoms with Crippen molar-refractivity contribution in [3.63, 3.8) is 0 Å². The highest BCUT2D eigenvalue weighted by Crippen LogP contribution is 2.12. The summed E-state index contributed by atoms with van der Waals surface area (Å²) < 4.78 is 0. The lowest BCUT2D eigenvalue weighted by atomic mass is 10.0. The number of aliphatic hydroxyl groups is 1. The summed E-state index contributed by atoms with van der Waals surface area (Å²) in [6, 6.07) is 0. The minimum atomic E-state index is -0.520. The van der Waals surface area contributed by atoms with Gasteiger partial charge in [-0.15, -0.1) is 6.42 Å². The summed E-state index contributed by atoms with van der Waals surface area (Å²) in [5.74, 6) is 2.36. The van der Waals surface area contributed by atoms with E-state index in [1.165, 1.54) is 64.2 Å². The van der Waals surface area contributed by atoms with Crippen molar-refractivity contribution in [3.8, 4) is 12.3 Å². The van der Waals surface area contributed by atoms with Crippen molar-refractivity contribution in [3.05, 3.63) is 0 Å². The summed E-state index contributed by atoms with van der Waals surface area (Å²) in [6.45, 7) is 2.26. The molecular formula is C16H30O. The fourth-order valence-corrected chi connectivity index (χ4v) is 2.09. The molecule has 0 heterocycles. The van der Waals surface area contributed by atoms with Gasteiger partial charge < -0.3 is 5.11 Å². The molecule has 0 aliphatic carbocycles. The highest BCUT2D eigenvalue weighted by atomic mass is 16.3. The van der Waals surface area contributed by atoms with Gasteiger partial charge in [-0.1, -0.05) is 77.1 Å². The Hall–Kier alpha value is -0.480. The Morgan fingerprint density at radius 2 is 1.24 bits per heavy atom. The van der Waals surface area contributed by atoms with E-state index in [9.17, 15) is 0 Å². The second-order valence-electron chi connectivity index (χ2n) is 5.01. The fourth-order valence-electron chi connectivity index (χ4n) is 2.09. The summed E-state index contributed by atoms with van der Waals surface area (Å²) in [5.41, 5.74) is 0. The predicted octanol–water partition coefficient (Wildman–Crippen LogP) is 4.68. The standard InChI is InChI=1S/C16H30O/c1-3-5-6-7-8-9-10-11-12-13-14-15-16(17)4-2/h2,16-17H,3,5-15H2,1H3. The maximum absolute atomic E-state index is 9.17. The summed E-state index contributed by atoms with van der Waals surface area (Å²) in [6.07, 6.45) is 20.1. The third-order valence-corrected chi connectivity index (χ3v) is 3.27. The molecule has 0 radical (unpaired) electrons. The molecule has 0 aromatic heterocycles. The van der Waals surface area contributed by atoms with Crippen LogP contribution >= 0.6 is 0 Å². The molecule has 1 heteroatoms. The van der Waals surface area contributed by atoms with Gasteiger partial charge in [-0.3, -0.25) is 0 Å². The van der Waals surface area contributed by atoms with E-state index in [-0.39, 0.29) is 0 Å². The molecule has 0 spiro atoms. The predicted molar refractivity (Wildman–Crippen MR) is 75.9 cm³/mol. The minimum Gasteiger partial charge on any atom is -0.380 e. The highest BCUT2D eigenvalue weighted by Gasteiger charge is 1.98. The first-order valence-electron chi connectivity index (χ1n) is 7.45. The van der Waals surface area contributed by atoms with Crippen molar-refractivity contribution in [1.29, 1.82) is 0 Å². The maximum Gasteiger partial charge on any atom is 0.114 e. The molecule has 1 N–H and O–H groups in total. The first-order valence-corrected chi connectivity index (χ1v) is 7.45. The Kier molecular flexibility index (Phi) is 13.2. The lowest BCUT2D eigenvalue weighted by Crippen LogP contribution is -2.01. The molecule has 0 fully saturated rings. The minimum absolute atomic E-state index is 0.520. The van der Waals surface area contributed by atoms with Crippen LogP contribution in [0.2, 0.25) is 0 Å². The number of unbranched alkanes of at least 4 members (excludes halogenated alkanes) is 10. The molecule has 0 amide bonds. The maximum atomic E-state index is 9.17. The van der Waals surface area contributed by atoms with Gasteiger partial charge in [-0.2, -0.15) is 0 Å². The van der Waals surface area contributed by atoms with E-state index in [0.29, 0.717) is 0 Å². The molecule has 0 bridgehead atoms. The average Bonchev–Trinajstić information content (AvgIpc) is 2.35. The normalized spacial score (nSPS) is 12.3. The third kappa shape index (κ3) is 13.5. The average molecular weight is 238 g/mol. The van der Waals surface area contributed by atoms with Gasteiger partial charge in [0.25, 0.3) is 0 Å². The summed E-state index contributed by atoms with van der Waals surface area (Å²) in [7, 11) is 0. The first kappa shape index (κ1) is 16.5. The molecule has 0 aliphatic heterocycles. The highest BCUT2D eigenvalue weighted by molar-refractivity contribution is 4.92. The van der Waals surface area contributed by atoms with Gasteiger partial charge in [0.1, 0.15) is 6.10 Å². The van der Waals surface area contributed by atoms with Crippen LogP contribution in [0.5, 0.6) is 0 Å². The van der Waals surface area contributed by atoms with Gasteiger partial charge in [0, 0.05) is 0 Å². The molecule has 0 aromatic rings. The zero-order valence-corrected chi connectivity index (χ0v) is 11.6. The second kappa shape index (κ2) is 13.6. The second-order valence-corrected chi connectivity index (χ2v) is 5.01. The third-order valence-electron chi connectivity index (χ3n) is 3.27. The summed E-state index contributed by atoms with van der Waals surface area (Å²) in [5, 5.41) is 9.17. The lowest BCUT2D eigenvalue weighted by Gasteiger charge is -2.03. The van der Waals surface area contributed by atoms with Crippen LogP contribution < -0.4 is 0 Å². The van der Waals surface area contributed by atoms with Crippen LogP contribution in [0, 0.1) is 12.3 Å². The molecule has 0 aliphatic rings. The van der Waals surface area contributed by atoms with Crippen LogP contribution in [-0.2, 0) is 0 Å². The van der Waals surface area contributed by atoms with E-state index in [1.807, 2.05) is 0 Å². The Balaban J connectivity index is 2.97. The summed E-state index contributed by atoms with van der Waals surface area (Å²) >= 11 is 0. The van der Waals surface area contributed by atoms with Crippen LogP contribution in [0.1, 0.15) is 84.0 Å². The lowest BCUT2D eigenvalue weighted by molar-refractivity contribution is 0.217. The monoisotopic (exact) mass is 238 g/mol. The molecular weight excluding hydrogens is 208 g/mol. The smallest absolute Gasteiger partial charge is 0.114 e. The number of hydrogen-bond acceptors (Lipinski definition) is 1. The largest absolute Gasteiger partial charge is 0.380 e. The van der Waals surface area contributed by atoms with Crippen molar-refractivity contribution in [2.24, 2.45) is 0 Å². The van der Waals surface area contributed by atoms with Crippen molar-refractivity contribution >= 4 is 0 Å². The van der Waals surface area contributed by atoms with E-state index >= 15 is 0 Å². The summed E-state index contributed by atoms with van der Waals surface area (Å²) in [4.78, 5) is 0. The van der Waals surface area contributed by atoms with E-state index < -0.39 is 6.10 Å². The van der Waals surface area contributed by atoms with Gasteiger partial charge in [0.05, 0.1) is 0 Å². The van der Waals surface area contributed by atoms with Crippen molar-refractivity contribution in [1.82, 2.24) is 0 Å². The van der Waals surface area contributed by atoms with Crippen LogP contribution in [0.25, 0.3) is 0 Å². The van der Waals surface area contributed by atoms with Crippen LogP contribution in [-0.4, -0.2) is 11.2 Å². The van der Waals surface area contributed by atoms with Crippen molar-refractivity contribution < 1.29 is 5.11 Å². The first-order chi connectivity index (χ1) is 8.31. The Bertz CT molecular complexity index is 180. The van der Waals surface area contributed by atoms with E-state index in [0.717, 1.165) is 12.8 Å². The molecule has 1 atom stereocenters. The molecule has 17 heavy (non-hydrogen) atoms. The van der Waals surface area contributed by atoms with E-state index in [4.69, 9.17) is 11.5 Å². The van der Waals surface area contributed by atoms with Gasteiger partial charge >= 0.3 is 0 Å². The van der Waals surface area contributed by atoms with Crippen LogP contribution in [0.3, 0.4) is 0 Å². The topological polar surface area (TPSA) is 20.2 Å². The van der Waals surface area contributed by atoms with Crippen LogP contribution in [0.15, 0.2) is 0 Å². The molecule has 100 valence electrons. The van der Waals surface area contributed by atoms with Gasteiger partial charge in [0.15, 0.2) is 0 Å².